The maximum absolute atomic E-state index is 14.3. The first-order valence-corrected chi connectivity index (χ1v) is 7.71. The van der Waals surface area contributed by atoms with E-state index in [0.29, 0.717) is 26.3 Å². The number of esters is 1. The van der Waals surface area contributed by atoms with Crippen molar-refractivity contribution in [3.05, 3.63) is 35.2 Å². The summed E-state index contributed by atoms with van der Waals surface area (Å²) in [5.74, 6) is -3.83. The highest BCUT2D eigenvalue weighted by atomic mass is 19.2. The van der Waals surface area contributed by atoms with Crippen molar-refractivity contribution in [3.8, 4) is 0 Å². The van der Waals surface area contributed by atoms with Crippen LogP contribution in [0.2, 0.25) is 0 Å². The fourth-order valence-electron chi connectivity index (χ4n) is 2.28. The second-order valence-corrected chi connectivity index (χ2v) is 5.25. The zero-order valence-corrected chi connectivity index (χ0v) is 14.4. The molecule has 1 aromatic rings. The van der Waals surface area contributed by atoms with Gasteiger partial charge in [0.15, 0.2) is 17.4 Å². The van der Waals surface area contributed by atoms with Crippen LogP contribution in [0.4, 0.5) is 20.2 Å². The Morgan fingerprint density at radius 3 is 2.58 bits per heavy atom. The molecule has 0 saturated carbocycles. The molecule has 0 aromatic heterocycles. The maximum atomic E-state index is 14.3. The average molecular weight is 371 g/mol. The van der Waals surface area contributed by atoms with E-state index in [-0.39, 0.29) is 12.3 Å². The van der Waals surface area contributed by atoms with Crippen molar-refractivity contribution >= 4 is 17.3 Å². The van der Waals surface area contributed by atoms with Crippen LogP contribution >= 0.6 is 0 Å². The van der Waals surface area contributed by atoms with Crippen molar-refractivity contribution in [1.82, 2.24) is 0 Å². The van der Waals surface area contributed by atoms with Crippen LogP contribution in [0.5, 0.6) is 0 Å². The fourth-order valence-corrected chi connectivity index (χ4v) is 2.28. The molecule has 0 radical (unpaired) electrons. The molecule has 142 valence electrons. The lowest BCUT2D eigenvalue weighted by atomic mass is 10.2. The molecular formula is C16H19F2N3O5. The van der Waals surface area contributed by atoms with Gasteiger partial charge in [0.1, 0.15) is 12.3 Å². The van der Waals surface area contributed by atoms with Crippen LogP contribution in [0.3, 0.4) is 0 Å². The summed E-state index contributed by atoms with van der Waals surface area (Å²) in [4.78, 5) is 13.3. The van der Waals surface area contributed by atoms with E-state index < -0.39 is 34.7 Å². The minimum Gasteiger partial charge on any atom is -0.507 e. The number of halogens is 2. The predicted molar refractivity (Wildman–Crippen MR) is 87.5 cm³/mol. The number of hydrogen-bond acceptors (Lipinski definition) is 8. The summed E-state index contributed by atoms with van der Waals surface area (Å²) in [5, 5.41) is 16.7. The van der Waals surface area contributed by atoms with E-state index in [1.54, 1.807) is 4.90 Å². The van der Waals surface area contributed by atoms with Gasteiger partial charge in [-0.1, -0.05) is 0 Å². The number of carbonyl (C=O) groups excluding carboxylic acids is 1. The molecule has 8 nitrogen and oxygen atoms in total. The topological polar surface area (TPSA) is 93.0 Å². The SMILES string of the molecule is COCC(O)=C(N=Nc1ccc(N2CCOCC2)c(F)c1F)C(=O)OC. The van der Waals surface area contributed by atoms with Crippen molar-refractivity contribution in [1.29, 1.82) is 0 Å². The quantitative estimate of drug-likeness (QED) is 0.357. The van der Waals surface area contributed by atoms with Crippen LogP contribution in [0, 0.1) is 11.6 Å². The van der Waals surface area contributed by atoms with Crippen molar-refractivity contribution < 1.29 is 32.9 Å². The third-order valence-electron chi connectivity index (χ3n) is 3.58. The van der Waals surface area contributed by atoms with Crippen LogP contribution < -0.4 is 4.90 Å². The lowest BCUT2D eigenvalue weighted by molar-refractivity contribution is -0.136. The van der Waals surface area contributed by atoms with E-state index in [1.807, 2.05) is 0 Å². The molecule has 1 aliphatic heterocycles. The molecule has 0 atom stereocenters. The predicted octanol–water partition coefficient (Wildman–Crippen LogP) is 2.47. The number of carbonyl (C=O) groups is 1. The van der Waals surface area contributed by atoms with Crippen molar-refractivity contribution in [2.24, 2.45) is 10.2 Å². The average Bonchev–Trinajstić information content (AvgIpc) is 2.66. The number of morpholine rings is 1. The number of anilines is 1. The number of aliphatic hydroxyl groups excluding tert-OH is 1. The first-order valence-electron chi connectivity index (χ1n) is 7.71. The summed E-state index contributed by atoms with van der Waals surface area (Å²) < 4.78 is 43.0. The number of azo groups is 1. The first-order chi connectivity index (χ1) is 12.5. The normalized spacial score (nSPS) is 15.9. The molecule has 0 unspecified atom stereocenters. The van der Waals surface area contributed by atoms with E-state index in [0.717, 1.165) is 7.11 Å². The molecule has 0 spiro atoms. The number of hydrogen-bond donors (Lipinski definition) is 1. The second kappa shape index (κ2) is 9.20. The highest BCUT2D eigenvalue weighted by Crippen LogP contribution is 2.30. The Hall–Kier alpha value is -2.59. The van der Waals surface area contributed by atoms with Gasteiger partial charge in [0.05, 0.1) is 26.0 Å². The molecule has 1 aromatic carbocycles. The van der Waals surface area contributed by atoms with Crippen LogP contribution in [0.1, 0.15) is 0 Å². The van der Waals surface area contributed by atoms with Crippen LogP contribution in [-0.2, 0) is 19.0 Å². The summed E-state index contributed by atoms with van der Waals surface area (Å²) in [7, 11) is 2.37. The Morgan fingerprint density at radius 1 is 1.27 bits per heavy atom. The molecule has 1 fully saturated rings. The van der Waals surface area contributed by atoms with Crippen molar-refractivity contribution in [2.75, 3.05) is 52.0 Å². The van der Waals surface area contributed by atoms with E-state index in [4.69, 9.17) is 4.74 Å². The van der Waals surface area contributed by atoms with Gasteiger partial charge in [0, 0.05) is 20.2 Å². The first kappa shape index (κ1) is 19.7. The van der Waals surface area contributed by atoms with Gasteiger partial charge in [0.2, 0.25) is 5.70 Å². The Morgan fingerprint density at radius 2 is 1.96 bits per heavy atom. The molecule has 1 aliphatic rings. The van der Waals surface area contributed by atoms with Crippen molar-refractivity contribution in [3.63, 3.8) is 0 Å². The van der Waals surface area contributed by atoms with Gasteiger partial charge in [0.25, 0.3) is 0 Å². The Balaban J connectivity index is 2.30. The van der Waals surface area contributed by atoms with Gasteiger partial charge in [-0.25, -0.2) is 13.6 Å². The molecule has 0 amide bonds. The Kier molecular flexibility index (Phi) is 6.98. The summed E-state index contributed by atoms with van der Waals surface area (Å²) in [6.45, 7) is 1.41. The number of rotatable bonds is 6. The molecule has 1 saturated heterocycles. The number of aliphatic hydroxyl groups is 1. The van der Waals surface area contributed by atoms with Gasteiger partial charge in [-0.3, -0.25) is 0 Å². The lowest BCUT2D eigenvalue weighted by Gasteiger charge is -2.29. The van der Waals surface area contributed by atoms with Crippen LogP contribution in [-0.4, -0.2) is 58.2 Å². The molecule has 10 heteroatoms. The molecule has 1 heterocycles. The van der Waals surface area contributed by atoms with Gasteiger partial charge in [-0.2, -0.15) is 0 Å². The largest absolute Gasteiger partial charge is 0.507 e. The third-order valence-corrected chi connectivity index (χ3v) is 3.58. The summed E-state index contributed by atoms with van der Waals surface area (Å²) in [5.41, 5.74) is -0.895. The second-order valence-electron chi connectivity index (χ2n) is 5.25. The number of ether oxygens (including phenoxy) is 3. The van der Waals surface area contributed by atoms with Crippen LogP contribution in [0.25, 0.3) is 0 Å². The van der Waals surface area contributed by atoms with E-state index in [9.17, 15) is 18.7 Å². The van der Waals surface area contributed by atoms with E-state index in [2.05, 4.69) is 19.7 Å². The zero-order chi connectivity index (χ0) is 19.1. The highest BCUT2D eigenvalue weighted by Gasteiger charge is 2.21. The van der Waals surface area contributed by atoms with E-state index in [1.165, 1.54) is 19.2 Å². The minimum absolute atomic E-state index is 0.0933. The number of methoxy groups -OCH3 is 2. The summed E-state index contributed by atoms with van der Waals surface area (Å²) in [6, 6.07) is 2.60. The summed E-state index contributed by atoms with van der Waals surface area (Å²) in [6.07, 6.45) is 0. The van der Waals surface area contributed by atoms with E-state index >= 15 is 0 Å². The molecule has 0 aliphatic carbocycles. The van der Waals surface area contributed by atoms with Gasteiger partial charge < -0.3 is 24.2 Å². The lowest BCUT2D eigenvalue weighted by Crippen LogP contribution is -2.36. The smallest absolute Gasteiger partial charge is 0.362 e. The molecule has 2 rings (SSSR count). The monoisotopic (exact) mass is 371 g/mol. The maximum Gasteiger partial charge on any atom is 0.362 e. The Bertz CT molecular complexity index is 718. The Labute approximate surface area is 148 Å². The number of benzene rings is 1. The summed E-state index contributed by atoms with van der Waals surface area (Å²) >= 11 is 0. The highest BCUT2D eigenvalue weighted by molar-refractivity contribution is 5.88. The minimum atomic E-state index is -1.21. The third kappa shape index (κ3) is 4.52. The van der Waals surface area contributed by atoms with Crippen molar-refractivity contribution in [2.45, 2.75) is 0 Å². The fraction of sp³-hybridized carbons (Fsp3) is 0.438. The molecule has 0 bridgehead atoms. The standard InChI is InChI=1S/C16H19F2N3O5/c1-24-9-12(22)15(16(23)25-2)20-19-10-3-4-11(14(18)13(10)17)21-5-7-26-8-6-21/h3-4,22H,5-9H2,1-2H3. The molecule has 1 N–H and O–H groups in total. The van der Waals surface area contributed by atoms with Gasteiger partial charge in [-0.05, 0) is 12.1 Å². The molecule has 26 heavy (non-hydrogen) atoms. The zero-order valence-electron chi connectivity index (χ0n) is 14.4. The molecular weight excluding hydrogens is 352 g/mol. The van der Waals surface area contributed by atoms with Crippen LogP contribution in [0.15, 0.2) is 33.8 Å². The van der Waals surface area contributed by atoms with Gasteiger partial charge >= 0.3 is 5.97 Å². The van der Waals surface area contributed by atoms with Gasteiger partial charge in [-0.15, -0.1) is 10.2 Å². The number of nitrogens with zero attached hydrogens (tertiary/aromatic N) is 3.